The summed E-state index contributed by atoms with van der Waals surface area (Å²) in [6.45, 7) is 0. The van der Waals surface area contributed by atoms with Gasteiger partial charge in [-0.25, -0.2) is 4.57 Å². The van der Waals surface area contributed by atoms with E-state index in [2.05, 4.69) is 9.70 Å². The predicted octanol–water partition coefficient (Wildman–Crippen LogP) is 2.47. The molecule has 0 aliphatic heterocycles. The summed E-state index contributed by atoms with van der Waals surface area (Å²) in [7, 11) is -0.590. The maximum Gasteiger partial charge on any atom is 0.395 e. The molecule has 0 unspecified atom stereocenters. The van der Waals surface area contributed by atoms with Crippen LogP contribution in [0.3, 0.4) is 0 Å². The fraction of sp³-hybridized carbons (Fsp3) is 0. The molecule has 0 fully saturated rings. The van der Waals surface area contributed by atoms with E-state index in [1.807, 2.05) is 0 Å². The summed E-state index contributed by atoms with van der Waals surface area (Å²) in [5.41, 5.74) is 1.73. The highest BCUT2D eigenvalue weighted by Crippen LogP contribution is 2.36. The molecule has 1 aromatic carbocycles. The molecule has 0 aliphatic rings. The molecule has 68 valence electrons. The van der Waals surface area contributed by atoms with Crippen LogP contribution in [0.5, 0.6) is 5.75 Å². The third-order valence-corrected chi connectivity index (χ3v) is 1.62. The summed E-state index contributed by atoms with van der Waals surface area (Å²) < 4.78 is 14.6. The van der Waals surface area contributed by atoms with Crippen LogP contribution >= 0.6 is 8.69 Å². The van der Waals surface area contributed by atoms with E-state index < -0.39 is 8.69 Å². The smallest absolute Gasteiger partial charge is 0.395 e. The Kier molecular flexibility index (Phi) is 3.31. The Morgan fingerprint density at radius 2 is 2.31 bits per heavy atom. The maximum atomic E-state index is 10.3. The van der Waals surface area contributed by atoms with Crippen LogP contribution in [0.2, 0.25) is 0 Å². The normalized spacial score (nSPS) is 9.62. The third kappa shape index (κ3) is 1.99. The van der Waals surface area contributed by atoms with E-state index in [-0.39, 0.29) is 17.1 Å². The summed E-state index contributed by atoms with van der Waals surface area (Å²) >= 11 is 0. The first-order valence-corrected chi connectivity index (χ1v) is 3.92. The number of nitrogens with one attached hydrogen (secondary N) is 1. The first-order valence-electron chi connectivity index (χ1n) is 3.19. The molecule has 0 atom stereocenters. The lowest BCUT2D eigenvalue weighted by Gasteiger charge is -2.03. The van der Waals surface area contributed by atoms with Crippen molar-refractivity contribution in [1.82, 2.24) is 0 Å². The van der Waals surface area contributed by atoms with E-state index in [1.54, 1.807) is 5.48 Å². The first-order chi connectivity index (χ1) is 6.33. The largest absolute Gasteiger partial charge is 0.405 e. The van der Waals surface area contributed by atoms with Crippen LogP contribution in [0.4, 0.5) is 11.4 Å². The topological polar surface area (TPSA) is 88.0 Å². The van der Waals surface area contributed by atoms with Crippen LogP contribution in [0.15, 0.2) is 23.4 Å². The van der Waals surface area contributed by atoms with Crippen LogP contribution in [0.25, 0.3) is 0 Å². The van der Waals surface area contributed by atoms with Gasteiger partial charge in [-0.3, -0.25) is 10.7 Å². The van der Waals surface area contributed by atoms with Crippen molar-refractivity contribution >= 4 is 20.1 Å². The number of hydrogen-bond donors (Lipinski definition) is 2. The Morgan fingerprint density at radius 3 is 2.85 bits per heavy atom. The minimum atomic E-state index is -0.590. The number of anilines is 1. The van der Waals surface area contributed by atoms with Crippen LogP contribution < -0.4 is 10.0 Å². The fourth-order valence-electron chi connectivity index (χ4n) is 0.821. The minimum Gasteiger partial charge on any atom is -0.405 e. The molecule has 1 rings (SSSR count). The molecule has 0 spiro atoms. The summed E-state index contributed by atoms with van der Waals surface area (Å²) in [4.78, 5) is 10.3. The molecule has 6 nitrogen and oxygen atoms in total. The second kappa shape index (κ2) is 4.49. The van der Waals surface area contributed by atoms with Gasteiger partial charge in [-0.2, -0.15) is 0 Å². The SMILES string of the molecule is O=Nc1c(NO)cccc1OP=O. The minimum absolute atomic E-state index is 0.0331. The molecule has 0 amide bonds. The van der Waals surface area contributed by atoms with E-state index >= 15 is 0 Å². The fourth-order valence-corrected chi connectivity index (χ4v) is 1.05. The Balaban J connectivity index is 3.17. The second-order valence-electron chi connectivity index (χ2n) is 2.02. The van der Waals surface area contributed by atoms with Crippen molar-refractivity contribution in [2.75, 3.05) is 5.48 Å². The summed E-state index contributed by atoms with van der Waals surface area (Å²) in [6.07, 6.45) is 0. The maximum absolute atomic E-state index is 10.3. The van der Waals surface area contributed by atoms with Gasteiger partial charge in [0.1, 0.15) is 0 Å². The van der Waals surface area contributed by atoms with E-state index in [1.165, 1.54) is 18.2 Å². The second-order valence-corrected chi connectivity index (χ2v) is 2.35. The average molecular weight is 200 g/mol. The van der Waals surface area contributed by atoms with E-state index in [0.29, 0.717) is 0 Å². The highest BCUT2D eigenvalue weighted by atomic mass is 31.1. The Morgan fingerprint density at radius 1 is 1.54 bits per heavy atom. The van der Waals surface area contributed by atoms with Gasteiger partial charge in [-0.15, -0.1) is 4.91 Å². The van der Waals surface area contributed by atoms with Gasteiger partial charge in [0.15, 0.2) is 11.4 Å². The standard InChI is InChI=1S/C6H5N2O4P/c9-7-4-2-1-3-5(12-13-11)6(4)8-10/h1-3,7,9H. The quantitative estimate of drug-likeness (QED) is 0.442. The van der Waals surface area contributed by atoms with Gasteiger partial charge in [-0.05, 0) is 17.3 Å². The van der Waals surface area contributed by atoms with Crippen molar-refractivity contribution in [3.8, 4) is 5.75 Å². The van der Waals surface area contributed by atoms with Crippen molar-refractivity contribution in [1.29, 1.82) is 0 Å². The van der Waals surface area contributed by atoms with Crippen molar-refractivity contribution in [2.45, 2.75) is 0 Å². The molecule has 2 N–H and O–H groups in total. The van der Waals surface area contributed by atoms with Crippen molar-refractivity contribution < 1.29 is 14.3 Å². The zero-order valence-corrected chi connectivity index (χ0v) is 7.19. The molecule has 0 saturated heterocycles. The highest BCUT2D eigenvalue weighted by Gasteiger charge is 2.09. The Labute approximate surface area is 74.7 Å². The van der Waals surface area contributed by atoms with Crippen molar-refractivity contribution in [3.63, 3.8) is 0 Å². The van der Waals surface area contributed by atoms with Crippen molar-refractivity contribution in [2.24, 2.45) is 5.18 Å². The lowest BCUT2D eigenvalue weighted by Crippen LogP contribution is -1.90. The zero-order valence-electron chi connectivity index (χ0n) is 6.30. The summed E-state index contributed by atoms with van der Waals surface area (Å²) in [5, 5.41) is 11.2. The Hall–Kier alpha value is -1.52. The van der Waals surface area contributed by atoms with E-state index in [0.717, 1.165) is 0 Å². The molecule has 0 heterocycles. The summed E-state index contributed by atoms with van der Waals surface area (Å²) in [5.74, 6) is 0.0331. The molecule has 0 aromatic heterocycles. The molecule has 0 aliphatic carbocycles. The van der Waals surface area contributed by atoms with Gasteiger partial charge in [0.25, 0.3) is 0 Å². The van der Waals surface area contributed by atoms with Gasteiger partial charge < -0.3 is 4.52 Å². The van der Waals surface area contributed by atoms with Gasteiger partial charge in [-0.1, -0.05) is 6.07 Å². The number of rotatable bonds is 4. The van der Waals surface area contributed by atoms with Gasteiger partial charge in [0, 0.05) is 0 Å². The van der Waals surface area contributed by atoms with Crippen LogP contribution in [0.1, 0.15) is 0 Å². The van der Waals surface area contributed by atoms with Gasteiger partial charge >= 0.3 is 8.69 Å². The van der Waals surface area contributed by atoms with E-state index in [4.69, 9.17) is 5.21 Å². The van der Waals surface area contributed by atoms with Gasteiger partial charge in [0.05, 0.1) is 5.69 Å². The zero-order chi connectivity index (χ0) is 9.68. The molecule has 7 heteroatoms. The number of nitroso groups, excluding NO2 is 1. The molecule has 0 saturated carbocycles. The molecule has 0 radical (unpaired) electrons. The number of hydrogen-bond acceptors (Lipinski definition) is 6. The molecular weight excluding hydrogens is 195 g/mol. The predicted molar refractivity (Wildman–Crippen MR) is 45.5 cm³/mol. The molecule has 0 bridgehead atoms. The molecule has 13 heavy (non-hydrogen) atoms. The van der Waals surface area contributed by atoms with Crippen LogP contribution in [0, 0.1) is 4.91 Å². The van der Waals surface area contributed by atoms with E-state index in [9.17, 15) is 9.47 Å². The highest BCUT2D eigenvalue weighted by molar-refractivity contribution is 7.17. The molecular formula is C6H5N2O4P. The third-order valence-electron chi connectivity index (χ3n) is 1.35. The number of nitrogens with zero attached hydrogens (tertiary/aromatic N) is 1. The van der Waals surface area contributed by atoms with Gasteiger partial charge in [0.2, 0.25) is 0 Å². The average Bonchev–Trinajstić information content (AvgIpc) is 2.18. The molecule has 1 aromatic rings. The van der Waals surface area contributed by atoms with Crippen LogP contribution in [-0.4, -0.2) is 5.21 Å². The van der Waals surface area contributed by atoms with Crippen LogP contribution in [-0.2, 0) is 4.57 Å². The number of benzene rings is 1. The summed E-state index contributed by atoms with van der Waals surface area (Å²) in [6, 6.07) is 4.33. The lowest BCUT2D eigenvalue weighted by molar-refractivity contribution is 0.389. The lowest BCUT2D eigenvalue weighted by atomic mass is 10.2. The Bertz CT molecular complexity index is 330. The first kappa shape index (κ1) is 9.57. The monoisotopic (exact) mass is 200 g/mol. The van der Waals surface area contributed by atoms with Crippen molar-refractivity contribution in [3.05, 3.63) is 23.1 Å².